The molecule has 0 spiro atoms. The third-order valence-corrected chi connectivity index (χ3v) is 5.92. The van der Waals surface area contributed by atoms with Crippen molar-refractivity contribution in [2.45, 2.75) is 52.0 Å². The molecule has 0 unspecified atom stereocenters. The number of nitrogens with zero attached hydrogens (tertiary/aromatic N) is 3. The van der Waals surface area contributed by atoms with Gasteiger partial charge in [0, 0.05) is 4.88 Å². The van der Waals surface area contributed by atoms with Gasteiger partial charge in [-0.15, -0.1) is 11.3 Å². The second-order valence-electron chi connectivity index (χ2n) is 6.59. The topological polar surface area (TPSA) is 116 Å². The zero-order valence-electron chi connectivity index (χ0n) is 15.8. The minimum Gasteiger partial charge on any atom is -0.462 e. The zero-order chi connectivity index (χ0) is 20.3. The highest BCUT2D eigenvalue weighted by atomic mass is 32.1. The largest absolute Gasteiger partial charge is 0.462 e. The predicted octanol–water partition coefficient (Wildman–Crippen LogP) is 3.50. The molecular formula is C18H22N4O5S. The van der Waals surface area contributed by atoms with Gasteiger partial charge in [-0.2, -0.15) is 5.10 Å². The van der Waals surface area contributed by atoms with Crippen LogP contribution in [0.4, 0.5) is 10.7 Å². The van der Waals surface area contributed by atoms with E-state index in [-0.39, 0.29) is 12.3 Å². The predicted molar refractivity (Wildman–Crippen MR) is 104 cm³/mol. The molecule has 0 aliphatic heterocycles. The summed E-state index contributed by atoms with van der Waals surface area (Å²) in [5.74, 6) is -0.834. The average molecular weight is 406 g/mol. The summed E-state index contributed by atoms with van der Waals surface area (Å²) < 4.78 is 6.45. The second kappa shape index (κ2) is 8.51. The first kappa shape index (κ1) is 20.0. The van der Waals surface area contributed by atoms with Gasteiger partial charge in [-0.3, -0.25) is 19.6 Å². The highest BCUT2D eigenvalue weighted by Gasteiger charge is 2.28. The van der Waals surface area contributed by atoms with Crippen LogP contribution in [0, 0.1) is 10.1 Å². The molecule has 10 heteroatoms. The van der Waals surface area contributed by atoms with Crippen LogP contribution in [0.15, 0.2) is 12.4 Å². The van der Waals surface area contributed by atoms with Crippen LogP contribution in [0.25, 0.3) is 0 Å². The van der Waals surface area contributed by atoms with Crippen LogP contribution in [0.5, 0.6) is 0 Å². The molecule has 1 atom stereocenters. The molecule has 1 N–H and O–H groups in total. The van der Waals surface area contributed by atoms with Crippen molar-refractivity contribution < 1.29 is 19.2 Å². The fraction of sp³-hybridized carbons (Fsp3) is 0.500. The van der Waals surface area contributed by atoms with E-state index >= 15 is 0 Å². The SMILES string of the molecule is CCOC(=O)c1c(NC(=O)[C@H](C)n2cc([N+](=O)[O-])cn2)sc2c1CCCCC2. The monoisotopic (exact) mass is 406 g/mol. The summed E-state index contributed by atoms with van der Waals surface area (Å²) in [5.41, 5.74) is 1.23. The van der Waals surface area contributed by atoms with Gasteiger partial charge in [0.25, 0.3) is 0 Å². The number of hydrogen-bond donors (Lipinski definition) is 1. The molecule has 28 heavy (non-hydrogen) atoms. The van der Waals surface area contributed by atoms with E-state index in [4.69, 9.17) is 4.74 Å². The van der Waals surface area contributed by atoms with E-state index in [0.29, 0.717) is 10.6 Å². The number of rotatable bonds is 6. The standard InChI is InChI=1S/C18H22N4O5S/c1-3-27-18(24)15-13-7-5-4-6-8-14(13)28-17(15)20-16(23)11(2)21-10-12(9-19-21)22(25)26/h9-11H,3-8H2,1-2H3,(H,20,23)/t11-/m0/s1. The molecule has 2 aromatic rings. The second-order valence-corrected chi connectivity index (χ2v) is 7.70. The fourth-order valence-corrected chi connectivity index (χ4v) is 4.50. The van der Waals surface area contributed by atoms with Crippen molar-refractivity contribution in [3.05, 3.63) is 38.5 Å². The molecule has 0 radical (unpaired) electrons. The molecule has 3 rings (SSSR count). The lowest BCUT2D eigenvalue weighted by molar-refractivity contribution is -0.385. The number of fused-ring (bicyclic) bond motifs is 1. The van der Waals surface area contributed by atoms with Gasteiger partial charge >= 0.3 is 11.7 Å². The average Bonchev–Trinajstić information content (AvgIpc) is 3.21. The van der Waals surface area contributed by atoms with Crippen LogP contribution in [0.2, 0.25) is 0 Å². The molecule has 1 amide bonds. The summed E-state index contributed by atoms with van der Waals surface area (Å²) >= 11 is 1.41. The normalized spacial score (nSPS) is 14.6. The third-order valence-electron chi connectivity index (χ3n) is 4.71. The molecule has 9 nitrogen and oxygen atoms in total. The van der Waals surface area contributed by atoms with E-state index in [1.807, 2.05) is 0 Å². The molecule has 2 aromatic heterocycles. The number of aryl methyl sites for hydroxylation is 1. The van der Waals surface area contributed by atoms with Gasteiger partial charge in [0.05, 0.1) is 17.1 Å². The Morgan fingerprint density at radius 2 is 2.14 bits per heavy atom. The van der Waals surface area contributed by atoms with Gasteiger partial charge < -0.3 is 10.1 Å². The number of nitro groups is 1. The number of nitrogens with one attached hydrogen (secondary N) is 1. The van der Waals surface area contributed by atoms with Crippen molar-refractivity contribution in [2.75, 3.05) is 11.9 Å². The van der Waals surface area contributed by atoms with E-state index < -0.39 is 22.8 Å². The molecule has 0 saturated carbocycles. The summed E-state index contributed by atoms with van der Waals surface area (Å²) in [7, 11) is 0. The highest BCUT2D eigenvalue weighted by Crippen LogP contribution is 2.38. The number of hydrogen-bond acceptors (Lipinski definition) is 7. The van der Waals surface area contributed by atoms with E-state index in [9.17, 15) is 19.7 Å². The van der Waals surface area contributed by atoms with Crippen molar-refractivity contribution in [1.29, 1.82) is 0 Å². The number of anilines is 1. The summed E-state index contributed by atoms with van der Waals surface area (Å²) in [6, 6.07) is -0.773. The maximum atomic E-state index is 12.7. The van der Waals surface area contributed by atoms with Crippen molar-refractivity contribution in [3.63, 3.8) is 0 Å². The maximum absolute atomic E-state index is 12.7. The zero-order valence-corrected chi connectivity index (χ0v) is 16.6. The summed E-state index contributed by atoms with van der Waals surface area (Å²) in [6.07, 6.45) is 7.13. The van der Waals surface area contributed by atoms with Gasteiger partial charge in [0.2, 0.25) is 5.91 Å². The van der Waals surface area contributed by atoms with Crippen LogP contribution in [0.1, 0.15) is 60.0 Å². The molecule has 0 aromatic carbocycles. The lowest BCUT2D eigenvalue weighted by atomic mass is 10.1. The first-order chi connectivity index (χ1) is 13.4. The Labute approximate surface area is 165 Å². The van der Waals surface area contributed by atoms with Gasteiger partial charge in [-0.05, 0) is 45.1 Å². The molecule has 1 aliphatic carbocycles. The van der Waals surface area contributed by atoms with Crippen molar-refractivity contribution in [3.8, 4) is 0 Å². The van der Waals surface area contributed by atoms with Crippen LogP contribution >= 0.6 is 11.3 Å². The Bertz CT molecular complexity index is 904. The fourth-order valence-electron chi connectivity index (χ4n) is 3.22. The third kappa shape index (κ3) is 4.06. The molecule has 150 valence electrons. The van der Waals surface area contributed by atoms with Crippen molar-refractivity contribution >= 4 is 33.9 Å². The smallest absolute Gasteiger partial charge is 0.341 e. The van der Waals surface area contributed by atoms with Gasteiger partial charge in [0.15, 0.2) is 0 Å². The van der Waals surface area contributed by atoms with E-state index in [1.54, 1.807) is 13.8 Å². The first-order valence-electron chi connectivity index (χ1n) is 9.23. The molecule has 0 saturated heterocycles. The lowest BCUT2D eigenvalue weighted by Gasteiger charge is -2.13. The maximum Gasteiger partial charge on any atom is 0.341 e. The Balaban J connectivity index is 1.86. The molecule has 0 fully saturated rings. The number of amides is 1. The number of carbonyl (C=O) groups excluding carboxylic acids is 2. The number of ether oxygens (including phenoxy) is 1. The Hall–Kier alpha value is -2.75. The summed E-state index contributed by atoms with van der Waals surface area (Å²) in [5, 5.41) is 18.0. The van der Waals surface area contributed by atoms with Crippen LogP contribution in [-0.2, 0) is 22.4 Å². The van der Waals surface area contributed by atoms with Gasteiger partial charge in [-0.25, -0.2) is 4.79 Å². The summed E-state index contributed by atoms with van der Waals surface area (Å²) in [6.45, 7) is 3.59. The molecule has 0 bridgehead atoms. The Kier molecular flexibility index (Phi) is 6.08. The number of esters is 1. The molecule has 2 heterocycles. The Morgan fingerprint density at radius 1 is 1.39 bits per heavy atom. The minimum absolute atomic E-state index is 0.185. The first-order valence-corrected chi connectivity index (χ1v) is 10.0. The minimum atomic E-state index is -0.773. The van der Waals surface area contributed by atoms with Crippen molar-refractivity contribution in [1.82, 2.24) is 9.78 Å². The lowest BCUT2D eigenvalue weighted by Crippen LogP contribution is -2.24. The van der Waals surface area contributed by atoms with Crippen LogP contribution in [0.3, 0.4) is 0 Å². The van der Waals surface area contributed by atoms with Gasteiger partial charge in [-0.1, -0.05) is 6.42 Å². The molecule has 1 aliphatic rings. The number of carbonyl (C=O) groups is 2. The summed E-state index contributed by atoms with van der Waals surface area (Å²) in [4.78, 5) is 36.6. The van der Waals surface area contributed by atoms with E-state index in [2.05, 4.69) is 10.4 Å². The van der Waals surface area contributed by atoms with E-state index in [1.165, 1.54) is 22.2 Å². The van der Waals surface area contributed by atoms with Gasteiger partial charge in [0.1, 0.15) is 23.4 Å². The molecular weight excluding hydrogens is 384 g/mol. The van der Waals surface area contributed by atoms with Crippen LogP contribution < -0.4 is 5.32 Å². The Morgan fingerprint density at radius 3 is 2.82 bits per heavy atom. The quantitative estimate of drug-likeness (QED) is 0.340. The van der Waals surface area contributed by atoms with Crippen LogP contribution in [-0.4, -0.2) is 33.2 Å². The highest BCUT2D eigenvalue weighted by molar-refractivity contribution is 7.17. The number of thiophene rings is 1. The van der Waals surface area contributed by atoms with Crippen molar-refractivity contribution in [2.24, 2.45) is 0 Å². The number of aromatic nitrogens is 2. The van der Waals surface area contributed by atoms with E-state index in [0.717, 1.165) is 48.7 Å².